The molecule has 0 atom stereocenters. The van der Waals surface area contributed by atoms with Crippen molar-refractivity contribution in [1.82, 2.24) is 14.3 Å². The van der Waals surface area contributed by atoms with Crippen molar-refractivity contribution in [2.24, 2.45) is 12.8 Å². The third-order valence-corrected chi connectivity index (χ3v) is 7.11. The maximum Gasteiger partial charge on any atom is 0.387 e. The number of aromatic nitrogens is 3. The fraction of sp³-hybridized carbons (Fsp3) is 0.250. The molecule has 214 valence electrons. The minimum Gasteiger partial charge on any atom is -0.497 e. The van der Waals surface area contributed by atoms with Crippen molar-refractivity contribution >= 4 is 5.91 Å². The Hall–Kier alpha value is -4.65. The Morgan fingerprint density at radius 3 is 2.32 bits per heavy atom. The van der Waals surface area contributed by atoms with Crippen molar-refractivity contribution in [3.8, 4) is 39.7 Å². The molecule has 3 N–H and O–H groups in total. The molecule has 1 saturated carbocycles. The average molecular weight is 573 g/mol. The van der Waals surface area contributed by atoms with Gasteiger partial charge >= 0.3 is 6.61 Å². The molecular weight excluding hydrogens is 548 g/mol. The topological polar surface area (TPSA) is 122 Å². The number of carbonyl (C=O) groups is 1. The van der Waals surface area contributed by atoms with Gasteiger partial charge in [0.25, 0.3) is 5.56 Å². The van der Waals surface area contributed by atoms with Gasteiger partial charge in [-0.25, -0.2) is 13.8 Å². The molecule has 0 spiro atoms. The number of nitrogens with zero attached hydrogens (tertiary/aromatic N) is 3. The van der Waals surface area contributed by atoms with Crippen LogP contribution in [-0.2, 0) is 12.6 Å². The van der Waals surface area contributed by atoms with Crippen molar-refractivity contribution in [2.45, 2.75) is 31.5 Å². The number of alkyl halides is 2. The molecule has 4 aromatic rings. The summed E-state index contributed by atoms with van der Waals surface area (Å²) in [7, 11) is 2.55. The lowest BCUT2D eigenvalue weighted by atomic mass is 9.77. The standard InChI is InChI=1S/C28H24F4N4O5/c1-35-24(23-18(29)12-15(40-2)13-19(23)30)22(17-11-14(41-27(31)32)7-8-16(17)25(33)37)26(38)36(35)21-6-3-5-20(34-21)28(39)9-4-10-28/h3,5-8,11-13,27,39H,4,9-10H2,1-2H3,(H2,33,37). The zero-order valence-electron chi connectivity index (χ0n) is 21.8. The molecule has 0 saturated heterocycles. The molecule has 2 aromatic carbocycles. The van der Waals surface area contributed by atoms with E-state index < -0.39 is 52.2 Å². The highest BCUT2D eigenvalue weighted by molar-refractivity contribution is 6.02. The molecule has 9 nitrogen and oxygen atoms in total. The summed E-state index contributed by atoms with van der Waals surface area (Å²) in [6.07, 6.45) is 1.70. The second-order valence-corrected chi connectivity index (χ2v) is 9.55. The molecule has 41 heavy (non-hydrogen) atoms. The monoisotopic (exact) mass is 572 g/mol. The molecule has 1 aliphatic rings. The molecule has 0 radical (unpaired) electrons. The van der Waals surface area contributed by atoms with E-state index in [4.69, 9.17) is 10.5 Å². The van der Waals surface area contributed by atoms with Crippen molar-refractivity contribution < 1.29 is 36.9 Å². The molecule has 2 heterocycles. The van der Waals surface area contributed by atoms with Crippen LogP contribution in [0.2, 0.25) is 0 Å². The van der Waals surface area contributed by atoms with Gasteiger partial charge in [0.05, 0.1) is 29.6 Å². The molecule has 1 aliphatic carbocycles. The number of halogens is 4. The predicted octanol–water partition coefficient (Wildman–Crippen LogP) is 4.26. The van der Waals surface area contributed by atoms with E-state index in [1.165, 1.54) is 20.2 Å². The summed E-state index contributed by atoms with van der Waals surface area (Å²) in [6.45, 7) is -3.24. The fourth-order valence-corrected chi connectivity index (χ4v) is 4.98. The number of rotatable bonds is 8. The number of amides is 1. The Labute approximate surface area is 230 Å². The van der Waals surface area contributed by atoms with Crippen LogP contribution in [0.25, 0.3) is 28.2 Å². The van der Waals surface area contributed by atoms with Gasteiger partial charge in [0.1, 0.15) is 28.7 Å². The number of methoxy groups -OCH3 is 1. The Morgan fingerprint density at radius 1 is 1.07 bits per heavy atom. The average Bonchev–Trinajstić information content (AvgIpc) is 3.15. The predicted molar refractivity (Wildman–Crippen MR) is 139 cm³/mol. The number of nitrogens with two attached hydrogens (primary N) is 1. The second-order valence-electron chi connectivity index (χ2n) is 9.55. The van der Waals surface area contributed by atoms with Crippen LogP contribution in [0.3, 0.4) is 0 Å². The molecule has 1 amide bonds. The molecule has 2 aromatic heterocycles. The minimum atomic E-state index is -3.24. The SMILES string of the molecule is COc1cc(F)c(-c2c(-c3cc(OC(F)F)ccc3C(N)=O)c(=O)n(-c3cccc(C4(O)CCC4)n3)n2C)c(F)c1. The van der Waals surface area contributed by atoms with Gasteiger partial charge in [-0.15, -0.1) is 0 Å². The smallest absolute Gasteiger partial charge is 0.387 e. The van der Waals surface area contributed by atoms with Gasteiger partial charge in [-0.3, -0.25) is 14.3 Å². The minimum absolute atomic E-state index is 0.00207. The molecule has 0 unspecified atom stereocenters. The van der Waals surface area contributed by atoms with Crippen molar-refractivity contribution in [1.29, 1.82) is 0 Å². The van der Waals surface area contributed by atoms with E-state index in [9.17, 15) is 23.5 Å². The maximum absolute atomic E-state index is 15.5. The van der Waals surface area contributed by atoms with Gasteiger partial charge < -0.3 is 20.3 Å². The summed E-state index contributed by atoms with van der Waals surface area (Å²) in [5, 5.41) is 10.8. The molecular formula is C28H24F4N4O5. The van der Waals surface area contributed by atoms with Crippen molar-refractivity contribution in [2.75, 3.05) is 7.11 Å². The van der Waals surface area contributed by atoms with Crippen molar-refractivity contribution in [3.05, 3.63) is 81.8 Å². The van der Waals surface area contributed by atoms with E-state index in [-0.39, 0.29) is 28.4 Å². The van der Waals surface area contributed by atoms with Crippen LogP contribution in [-0.4, -0.2) is 39.1 Å². The van der Waals surface area contributed by atoms with Crippen LogP contribution >= 0.6 is 0 Å². The summed E-state index contributed by atoms with van der Waals surface area (Å²) >= 11 is 0. The Balaban J connectivity index is 1.87. The summed E-state index contributed by atoms with van der Waals surface area (Å²) in [5.41, 5.74) is 1.71. The lowest BCUT2D eigenvalue weighted by Gasteiger charge is -2.36. The largest absolute Gasteiger partial charge is 0.497 e. The molecule has 1 fully saturated rings. The van der Waals surface area contributed by atoms with Crippen LogP contribution in [0.4, 0.5) is 17.6 Å². The highest BCUT2D eigenvalue weighted by Crippen LogP contribution is 2.41. The van der Waals surface area contributed by atoms with E-state index in [0.29, 0.717) is 18.5 Å². The van der Waals surface area contributed by atoms with E-state index in [1.54, 1.807) is 12.1 Å². The molecule has 0 aliphatic heterocycles. The Bertz CT molecular complexity index is 1710. The first-order chi connectivity index (χ1) is 19.4. The number of aliphatic hydroxyl groups is 1. The summed E-state index contributed by atoms with van der Waals surface area (Å²) < 4.78 is 68.6. The summed E-state index contributed by atoms with van der Waals surface area (Å²) in [6, 6.07) is 9.51. The highest BCUT2D eigenvalue weighted by atomic mass is 19.3. The van der Waals surface area contributed by atoms with Crippen molar-refractivity contribution in [3.63, 3.8) is 0 Å². The zero-order chi connectivity index (χ0) is 29.6. The molecule has 13 heteroatoms. The van der Waals surface area contributed by atoms with Crippen LogP contribution < -0.4 is 20.8 Å². The number of benzene rings is 2. The number of ether oxygens (including phenoxy) is 2. The zero-order valence-corrected chi connectivity index (χ0v) is 21.8. The maximum atomic E-state index is 15.5. The van der Waals surface area contributed by atoms with E-state index in [2.05, 4.69) is 9.72 Å². The van der Waals surface area contributed by atoms with Crippen LogP contribution in [0.15, 0.2) is 53.3 Å². The normalized spacial score (nSPS) is 14.1. The lowest BCUT2D eigenvalue weighted by Crippen LogP contribution is -2.35. The summed E-state index contributed by atoms with van der Waals surface area (Å²) in [4.78, 5) is 30.9. The quantitative estimate of drug-likeness (QED) is 0.305. The van der Waals surface area contributed by atoms with E-state index in [0.717, 1.165) is 46.1 Å². The molecule has 0 bridgehead atoms. The van der Waals surface area contributed by atoms with Gasteiger partial charge in [-0.05, 0) is 49.6 Å². The van der Waals surface area contributed by atoms with Crippen LogP contribution in [0, 0.1) is 11.6 Å². The van der Waals surface area contributed by atoms with E-state index >= 15 is 8.78 Å². The first kappa shape index (κ1) is 27.9. The number of primary amides is 1. The van der Waals surface area contributed by atoms with E-state index in [1.807, 2.05) is 0 Å². The fourth-order valence-electron chi connectivity index (χ4n) is 4.98. The van der Waals surface area contributed by atoms with Gasteiger partial charge in [0.15, 0.2) is 5.82 Å². The van der Waals surface area contributed by atoms with Gasteiger partial charge in [-0.1, -0.05) is 6.07 Å². The Kier molecular flexibility index (Phi) is 7.07. The Morgan fingerprint density at radius 2 is 1.76 bits per heavy atom. The van der Waals surface area contributed by atoms with Crippen LogP contribution in [0.1, 0.15) is 35.3 Å². The van der Waals surface area contributed by atoms with Gasteiger partial charge in [0, 0.05) is 30.3 Å². The lowest BCUT2D eigenvalue weighted by molar-refractivity contribution is -0.0498. The number of carbonyl (C=O) groups excluding carboxylic acids is 1. The van der Waals surface area contributed by atoms with Gasteiger partial charge in [-0.2, -0.15) is 13.5 Å². The third-order valence-electron chi connectivity index (χ3n) is 7.11. The molecule has 5 rings (SSSR count). The summed E-state index contributed by atoms with van der Waals surface area (Å²) in [5.74, 6) is -3.82. The third kappa shape index (κ3) is 4.82. The number of hydrogen-bond donors (Lipinski definition) is 2. The second kappa shape index (κ2) is 10.4. The number of pyridine rings is 1. The highest BCUT2D eigenvalue weighted by Gasteiger charge is 2.38. The first-order valence-electron chi connectivity index (χ1n) is 12.4. The number of hydrogen-bond acceptors (Lipinski definition) is 6. The first-order valence-corrected chi connectivity index (χ1v) is 12.4. The van der Waals surface area contributed by atoms with Crippen LogP contribution in [0.5, 0.6) is 11.5 Å². The van der Waals surface area contributed by atoms with Gasteiger partial charge in [0.2, 0.25) is 5.91 Å².